The Balaban J connectivity index is 1.75. The zero-order chi connectivity index (χ0) is 21.9. The number of hydrogen-bond acceptors (Lipinski definition) is 4. The quantitative estimate of drug-likeness (QED) is 0.631. The number of halogens is 1. The monoisotopic (exact) mass is 413 g/mol. The van der Waals surface area contributed by atoms with Crippen LogP contribution in [0.1, 0.15) is 20.8 Å². The summed E-state index contributed by atoms with van der Waals surface area (Å²) in [6.45, 7) is 5.21. The van der Waals surface area contributed by atoms with Crippen molar-refractivity contribution in [1.82, 2.24) is 4.57 Å². The van der Waals surface area contributed by atoms with Crippen LogP contribution in [0.2, 0.25) is 0 Å². The van der Waals surface area contributed by atoms with Crippen molar-refractivity contribution in [2.24, 2.45) is 0 Å². The SMILES string of the molecule is COc1ccc2c(ccn2CC(=O)Nc2cc(F)ccc2NC(=O)OC(C)(C)C)c1. The number of amides is 2. The molecule has 0 atom stereocenters. The van der Waals surface area contributed by atoms with Crippen LogP contribution in [0, 0.1) is 5.82 Å². The molecule has 0 unspecified atom stereocenters. The Morgan fingerprint density at radius 2 is 1.80 bits per heavy atom. The van der Waals surface area contributed by atoms with Gasteiger partial charge >= 0.3 is 6.09 Å². The molecule has 2 aromatic carbocycles. The second kappa shape index (κ2) is 8.44. The number of benzene rings is 2. The molecule has 30 heavy (non-hydrogen) atoms. The molecular weight excluding hydrogens is 389 g/mol. The highest BCUT2D eigenvalue weighted by molar-refractivity contribution is 5.98. The first-order valence-electron chi connectivity index (χ1n) is 9.37. The predicted molar refractivity (Wildman–Crippen MR) is 113 cm³/mol. The third-order valence-corrected chi connectivity index (χ3v) is 4.18. The van der Waals surface area contributed by atoms with Gasteiger partial charge in [-0.2, -0.15) is 0 Å². The van der Waals surface area contributed by atoms with Gasteiger partial charge in [0.2, 0.25) is 5.91 Å². The molecule has 2 N–H and O–H groups in total. The first-order chi connectivity index (χ1) is 14.1. The fourth-order valence-corrected chi connectivity index (χ4v) is 2.93. The van der Waals surface area contributed by atoms with E-state index in [9.17, 15) is 14.0 Å². The molecule has 1 aromatic heterocycles. The van der Waals surface area contributed by atoms with Gasteiger partial charge in [-0.15, -0.1) is 0 Å². The van der Waals surface area contributed by atoms with Crippen LogP contribution in [0.5, 0.6) is 5.75 Å². The van der Waals surface area contributed by atoms with Gasteiger partial charge in [-0.1, -0.05) is 0 Å². The fraction of sp³-hybridized carbons (Fsp3) is 0.273. The van der Waals surface area contributed by atoms with E-state index in [-0.39, 0.29) is 23.8 Å². The maximum Gasteiger partial charge on any atom is 0.412 e. The lowest BCUT2D eigenvalue weighted by atomic mass is 10.2. The fourth-order valence-electron chi connectivity index (χ4n) is 2.93. The zero-order valence-corrected chi connectivity index (χ0v) is 17.3. The van der Waals surface area contributed by atoms with Crippen LogP contribution in [0.15, 0.2) is 48.7 Å². The maximum atomic E-state index is 13.8. The average Bonchev–Trinajstić information content (AvgIpc) is 3.04. The molecule has 0 saturated heterocycles. The summed E-state index contributed by atoms with van der Waals surface area (Å²) < 4.78 is 25.9. The van der Waals surface area contributed by atoms with E-state index in [1.54, 1.807) is 38.6 Å². The van der Waals surface area contributed by atoms with Gasteiger partial charge in [0.1, 0.15) is 23.7 Å². The van der Waals surface area contributed by atoms with Crippen LogP contribution in [0.3, 0.4) is 0 Å². The predicted octanol–water partition coefficient (Wildman–Crippen LogP) is 4.77. The summed E-state index contributed by atoms with van der Waals surface area (Å²) in [5.74, 6) is -0.193. The molecule has 0 aliphatic heterocycles. The summed E-state index contributed by atoms with van der Waals surface area (Å²) in [7, 11) is 1.59. The Kier molecular flexibility index (Phi) is 5.96. The third-order valence-electron chi connectivity index (χ3n) is 4.18. The minimum Gasteiger partial charge on any atom is -0.497 e. The minimum atomic E-state index is -0.699. The molecular formula is C22H24FN3O4. The van der Waals surface area contributed by atoms with Crippen LogP contribution in [0.4, 0.5) is 20.6 Å². The molecule has 0 spiro atoms. The highest BCUT2D eigenvalue weighted by Crippen LogP contribution is 2.25. The van der Waals surface area contributed by atoms with Gasteiger partial charge in [-0.05, 0) is 63.2 Å². The van der Waals surface area contributed by atoms with Crippen molar-refractivity contribution in [3.05, 3.63) is 54.5 Å². The number of fused-ring (bicyclic) bond motifs is 1. The highest BCUT2D eigenvalue weighted by atomic mass is 19.1. The lowest BCUT2D eigenvalue weighted by Gasteiger charge is -2.20. The first-order valence-corrected chi connectivity index (χ1v) is 9.37. The Hall–Kier alpha value is -3.55. The highest BCUT2D eigenvalue weighted by Gasteiger charge is 2.18. The number of aromatic nitrogens is 1. The third kappa shape index (κ3) is 5.28. The number of ether oxygens (including phenoxy) is 2. The maximum absolute atomic E-state index is 13.8. The normalized spacial score (nSPS) is 11.2. The van der Waals surface area contributed by atoms with Gasteiger partial charge in [-0.3, -0.25) is 10.1 Å². The van der Waals surface area contributed by atoms with Gasteiger partial charge in [0.15, 0.2) is 0 Å². The van der Waals surface area contributed by atoms with Gasteiger partial charge in [0.25, 0.3) is 0 Å². The molecule has 3 rings (SSSR count). The van der Waals surface area contributed by atoms with Crippen LogP contribution < -0.4 is 15.4 Å². The van der Waals surface area contributed by atoms with Crippen molar-refractivity contribution in [3.8, 4) is 5.75 Å². The lowest BCUT2D eigenvalue weighted by Crippen LogP contribution is -2.28. The molecule has 1 heterocycles. The molecule has 0 aliphatic rings. The van der Waals surface area contributed by atoms with Crippen LogP contribution in [-0.2, 0) is 16.1 Å². The molecule has 0 radical (unpaired) electrons. The Bertz CT molecular complexity index is 1090. The van der Waals surface area contributed by atoms with Gasteiger partial charge in [-0.25, -0.2) is 9.18 Å². The summed E-state index contributed by atoms with van der Waals surface area (Å²) >= 11 is 0. The molecule has 158 valence electrons. The molecule has 0 bridgehead atoms. The zero-order valence-electron chi connectivity index (χ0n) is 17.3. The molecule has 7 nitrogen and oxygen atoms in total. The number of carbonyl (C=O) groups is 2. The number of rotatable bonds is 5. The Labute approximate surface area is 173 Å². The molecule has 0 fully saturated rings. The Morgan fingerprint density at radius 1 is 1.03 bits per heavy atom. The smallest absolute Gasteiger partial charge is 0.412 e. The molecule has 0 saturated carbocycles. The van der Waals surface area contributed by atoms with E-state index in [0.717, 1.165) is 22.7 Å². The van der Waals surface area contributed by atoms with E-state index < -0.39 is 17.5 Å². The van der Waals surface area contributed by atoms with Crippen LogP contribution >= 0.6 is 0 Å². The molecule has 3 aromatic rings. The van der Waals surface area contributed by atoms with Crippen molar-refractivity contribution in [3.63, 3.8) is 0 Å². The molecule has 0 aliphatic carbocycles. The van der Waals surface area contributed by atoms with E-state index in [0.29, 0.717) is 0 Å². The summed E-state index contributed by atoms with van der Waals surface area (Å²) in [6.07, 6.45) is 1.09. The summed E-state index contributed by atoms with van der Waals surface area (Å²) in [5.41, 5.74) is 0.550. The average molecular weight is 413 g/mol. The largest absolute Gasteiger partial charge is 0.497 e. The number of nitrogens with one attached hydrogen (secondary N) is 2. The number of anilines is 2. The van der Waals surface area contributed by atoms with Crippen molar-refractivity contribution < 1.29 is 23.5 Å². The van der Waals surface area contributed by atoms with Gasteiger partial charge < -0.3 is 19.4 Å². The second-order valence-corrected chi connectivity index (χ2v) is 7.73. The lowest BCUT2D eigenvalue weighted by molar-refractivity contribution is -0.116. The standard InChI is InChI=1S/C22H24FN3O4/c1-22(2,3)30-21(28)25-17-7-5-15(23)12-18(17)24-20(27)13-26-10-9-14-11-16(29-4)6-8-19(14)26/h5-12H,13H2,1-4H3,(H,24,27)(H,25,28). The topological polar surface area (TPSA) is 81.6 Å². The van der Waals surface area contributed by atoms with Gasteiger partial charge in [0.05, 0.1) is 18.5 Å². The van der Waals surface area contributed by atoms with E-state index in [1.807, 2.05) is 24.3 Å². The van der Waals surface area contributed by atoms with Crippen LogP contribution in [-0.4, -0.2) is 29.3 Å². The van der Waals surface area contributed by atoms with E-state index >= 15 is 0 Å². The van der Waals surface area contributed by atoms with Crippen molar-refractivity contribution in [2.45, 2.75) is 32.9 Å². The Morgan fingerprint density at radius 3 is 2.50 bits per heavy atom. The van der Waals surface area contributed by atoms with E-state index in [1.165, 1.54) is 12.1 Å². The summed E-state index contributed by atoms with van der Waals surface area (Å²) in [4.78, 5) is 24.7. The van der Waals surface area contributed by atoms with Crippen molar-refractivity contribution in [1.29, 1.82) is 0 Å². The van der Waals surface area contributed by atoms with Crippen molar-refractivity contribution >= 4 is 34.3 Å². The summed E-state index contributed by atoms with van der Waals surface area (Å²) in [5, 5.41) is 6.12. The number of nitrogens with zero attached hydrogens (tertiary/aromatic N) is 1. The van der Waals surface area contributed by atoms with E-state index in [2.05, 4.69) is 10.6 Å². The number of methoxy groups -OCH3 is 1. The molecule has 2 amide bonds. The van der Waals surface area contributed by atoms with Crippen LogP contribution in [0.25, 0.3) is 10.9 Å². The minimum absolute atomic E-state index is 0.0121. The number of hydrogen-bond donors (Lipinski definition) is 2. The van der Waals surface area contributed by atoms with Crippen molar-refractivity contribution in [2.75, 3.05) is 17.7 Å². The second-order valence-electron chi connectivity index (χ2n) is 7.73. The van der Waals surface area contributed by atoms with Gasteiger partial charge in [0, 0.05) is 17.1 Å². The number of carbonyl (C=O) groups excluding carboxylic acids is 2. The summed E-state index contributed by atoms with van der Waals surface area (Å²) in [6, 6.07) is 11.1. The van der Waals surface area contributed by atoms with E-state index in [4.69, 9.17) is 9.47 Å². The first kappa shape index (κ1) is 21.2. The molecule has 8 heteroatoms.